The number of hydrogen-bond acceptors (Lipinski definition) is 4. The normalized spacial score (nSPS) is 19.1. The fourth-order valence-corrected chi connectivity index (χ4v) is 3.12. The highest BCUT2D eigenvalue weighted by molar-refractivity contribution is 5.42. The van der Waals surface area contributed by atoms with Crippen LogP contribution < -0.4 is 14.8 Å². The third kappa shape index (κ3) is 4.89. The van der Waals surface area contributed by atoms with E-state index in [1.54, 1.807) is 14.2 Å². The second kappa shape index (κ2) is 9.01. The maximum atomic E-state index is 5.34. The van der Waals surface area contributed by atoms with Gasteiger partial charge in [-0.1, -0.05) is 12.5 Å². The standard InChI is InChI=1S/C18H30N2O2/c1-15-7-4-5-11-20(15)12-6-10-19-14-16-8-9-17(21-2)18(13-16)22-3/h8-9,13,15,19H,4-7,10-12,14H2,1-3H3. The molecule has 1 atom stereocenters. The maximum Gasteiger partial charge on any atom is 0.161 e. The number of benzene rings is 1. The number of methoxy groups -OCH3 is 2. The Kier molecular flexibility index (Phi) is 7.00. The van der Waals surface area contributed by atoms with E-state index in [9.17, 15) is 0 Å². The predicted octanol–water partition coefficient (Wildman–Crippen LogP) is 3.06. The topological polar surface area (TPSA) is 33.7 Å². The lowest BCUT2D eigenvalue weighted by molar-refractivity contribution is 0.159. The highest BCUT2D eigenvalue weighted by Gasteiger charge is 2.16. The molecule has 1 saturated heterocycles. The number of hydrogen-bond donors (Lipinski definition) is 1. The molecule has 0 saturated carbocycles. The summed E-state index contributed by atoms with van der Waals surface area (Å²) >= 11 is 0. The number of likely N-dealkylation sites (tertiary alicyclic amines) is 1. The molecular formula is C18H30N2O2. The Balaban J connectivity index is 1.68. The van der Waals surface area contributed by atoms with E-state index in [0.717, 1.165) is 30.6 Å². The van der Waals surface area contributed by atoms with E-state index >= 15 is 0 Å². The molecule has 0 bridgehead atoms. The monoisotopic (exact) mass is 306 g/mol. The van der Waals surface area contributed by atoms with Crippen LogP contribution in [0.1, 0.15) is 38.2 Å². The second-order valence-electron chi connectivity index (χ2n) is 6.10. The van der Waals surface area contributed by atoms with Crippen molar-refractivity contribution in [3.8, 4) is 11.5 Å². The van der Waals surface area contributed by atoms with E-state index in [4.69, 9.17) is 9.47 Å². The predicted molar refractivity (Wildman–Crippen MR) is 90.8 cm³/mol. The van der Waals surface area contributed by atoms with Crippen molar-refractivity contribution in [1.29, 1.82) is 0 Å². The molecule has 0 spiro atoms. The molecule has 4 heteroatoms. The molecule has 0 amide bonds. The quantitative estimate of drug-likeness (QED) is 0.749. The van der Waals surface area contributed by atoms with Crippen LogP contribution in [0, 0.1) is 0 Å². The van der Waals surface area contributed by atoms with Gasteiger partial charge in [0, 0.05) is 12.6 Å². The van der Waals surface area contributed by atoms with Crippen LogP contribution >= 0.6 is 0 Å². The van der Waals surface area contributed by atoms with E-state index in [2.05, 4.69) is 23.2 Å². The zero-order chi connectivity index (χ0) is 15.8. The van der Waals surface area contributed by atoms with Gasteiger partial charge in [-0.05, 0) is 63.5 Å². The number of nitrogens with zero attached hydrogens (tertiary/aromatic N) is 1. The number of rotatable bonds is 8. The van der Waals surface area contributed by atoms with Crippen molar-refractivity contribution in [2.45, 2.75) is 45.2 Å². The fourth-order valence-electron chi connectivity index (χ4n) is 3.12. The van der Waals surface area contributed by atoms with Crippen molar-refractivity contribution in [3.05, 3.63) is 23.8 Å². The summed E-state index contributed by atoms with van der Waals surface area (Å²) in [5.41, 5.74) is 1.23. The van der Waals surface area contributed by atoms with Gasteiger partial charge in [0.15, 0.2) is 11.5 Å². The van der Waals surface area contributed by atoms with Gasteiger partial charge in [-0.2, -0.15) is 0 Å². The summed E-state index contributed by atoms with van der Waals surface area (Å²) < 4.78 is 10.6. The molecule has 0 aromatic heterocycles. The van der Waals surface area contributed by atoms with Crippen LogP contribution in [0.25, 0.3) is 0 Å². The Labute approximate surface area is 134 Å². The van der Waals surface area contributed by atoms with Crippen molar-refractivity contribution in [3.63, 3.8) is 0 Å². The highest BCUT2D eigenvalue weighted by Crippen LogP contribution is 2.27. The smallest absolute Gasteiger partial charge is 0.161 e. The number of ether oxygens (including phenoxy) is 2. The SMILES string of the molecule is COc1ccc(CNCCCN2CCCCC2C)cc1OC. The summed E-state index contributed by atoms with van der Waals surface area (Å²) in [5, 5.41) is 3.52. The lowest BCUT2D eigenvalue weighted by Crippen LogP contribution is -2.38. The van der Waals surface area contributed by atoms with Crippen LogP contribution in [-0.4, -0.2) is 44.8 Å². The summed E-state index contributed by atoms with van der Waals surface area (Å²) in [4.78, 5) is 2.63. The zero-order valence-electron chi connectivity index (χ0n) is 14.2. The van der Waals surface area contributed by atoms with Crippen molar-refractivity contribution in [1.82, 2.24) is 10.2 Å². The Hall–Kier alpha value is -1.26. The molecule has 0 aliphatic carbocycles. The van der Waals surface area contributed by atoms with Gasteiger partial charge in [-0.15, -0.1) is 0 Å². The first-order valence-corrected chi connectivity index (χ1v) is 8.40. The van der Waals surface area contributed by atoms with E-state index in [1.807, 2.05) is 12.1 Å². The van der Waals surface area contributed by atoms with Crippen molar-refractivity contribution >= 4 is 0 Å². The van der Waals surface area contributed by atoms with E-state index in [1.165, 1.54) is 44.3 Å². The van der Waals surface area contributed by atoms with Gasteiger partial charge < -0.3 is 19.7 Å². The van der Waals surface area contributed by atoms with Crippen molar-refractivity contribution < 1.29 is 9.47 Å². The molecule has 1 aromatic carbocycles. The number of nitrogens with one attached hydrogen (secondary N) is 1. The van der Waals surface area contributed by atoms with Crippen LogP contribution in [-0.2, 0) is 6.54 Å². The van der Waals surface area contributed by atoms with E-state index in [-0.39, 0.29) is 0 Å². The van der Waals surface area contributed by atoms with E-state index < -0.39 is 0 Å². The molecule has 4 nitrogen and oxygen atoms in total. The molecule has 1 fully saturated rings. The summed E-state index contributed by atoms with van der Waals surface area (Å²) in [5.74, 6) is 1.58. The Morgan fingerprint density at radius 3 is 2.73 bits per heavy atom. The van der Waals surface area contributed by atoms with Gasteiger partial charge in [-0.3, -0.25) is 0 Å². The first kappa shape index (κ1) is 17.1. The minimum Gasteiger partial charge on any atom is -0.493 e. The molecule has 1 heterocycles. The van der Waals surface area contributed by atoms with Crippen LogP contribution in [0.15, 0.2) is 18.2 Å². The summed E-state index contributed by atoms with van der Waals surface area (Å²) in [6.07, 6.45) is 5.33. The fraction of sp³-hybridized carbons (Fsp3) is 0.667. The average molecular weight is 306 g/mol. The van der Waals surface area contributed by atoms with Crippen LogP contribution in [0.4, 0.5) is 0 Å². The minimum absolute atomic E-state index is 0.764. The third-order valence-electron chi connectivity index (χ3n) is 4.52. The van der Waals surface area contributed by atoms with Gasteiger partial charge in [0.25, 0.3) is 0 Å². The molecule has 1 N–H and O–H groups in total. The average Bonchev–Trinajstić information content (AvgIpc) is 2.56. The molecular weight excluding hydrogens is 276 g/mol. The summed E-state index contributed by atoms with van der Waals surface area (Å²) in [6.45, 7) is 6.76. The Morgan fingerprint density at radius 2 is 2.00 bits per heavy atom. The maximum absolute atomic E-state index is 5.34. The molecule has 1 aliphatic heterocycles. The largest absolute Gasteiger partial charge is 0.493 e. The van der Waals surface area contributed by atoms with Crippen LogP contribution in [0.5, 0.6) is 11.5 Å². The Bertz CT molecular complexity index is 451. The molecule has 1 unspecified atom stereocenters. The molecule has 124 valence electrons. The number of piperidine rings is 1. The van der Waals surface area contributed by atoms with Gasteiger partial charge in [0.1, 0.15) is 0 Å². The van der Waals surface area contributed by atoms with Crippen LogP contribution in [0.2, 0.25) is 0 Å². The van der Waals surface area contributed by atoms with Gasteiger partial charge in [0.05, 0.1) is 14.2 Å². The summed E-state index contributed by atoms with van der Waals surface area (Å²) in [6, 6.07) is 6.85. The molecule has 1 aromatic rings. The molecule has 2 rings (SSSR count). The van der Waals surface area contributed by atoms with E-state index in [0.29, 0.717) is 0 Å². The van der Waals surface area contributed by atoms with Gasteiger partial charge in [0.2, 0.25) is 0 Å². The lowest BCUT2D eigenvalue weighted by Gasteiger charge is -2.33. The second-order valence-corrected chi connectivity index (χ2v) is 6.10. The Morgan fingerprint density at radius 1 is 1.18 bits per heavy atom. The lowest BCUT2D eigenvalue weighted by atomic mass is 10.0. The molecule has 0 radical (unpaired) electrons. The van der Waals surface area contributed by atoms with Crippen LogP contribution in [0.3, 0.4) is 0 Å². The highest BCUT2D eigenvalue weighted by atomic mass is 16.5. The van der Waals surface area contributed by atoms with Gasteiger partial charge >= 0.3 is 0 Å². The third-order valence-corrected chi connectivity index (χ3v) is 4.52. The first-order valence-electron chi connectivity index (χ1n) is 8.40. The summed E-state index contributed by atoms with van der Waals surface area (Å²) in [7, 11) is 3.34. The first-order chi connectivity index (χ1) is 10.7. The van der Waals surface area contributed by atoms with Crippen molar-refractivity contribution in [2.24, 2.45) is 0 Å². The van der Waals surface area contributed by atoms with Crippen molar-refractivity contribution in [2.75, 3.05) is 33.9 Å². The molecule has 1 aliphatic rings. The zero-order valence-corrected chi connectivity index (χ0v) is 14.2. The molecule has 22 heavy (non-hydrogen) atoms. The minimum atomic E-state index is 0.764. The van der Waals surface area contributed by atoms with Gasteiger partial charge in [-0.25, -0.2) is 0 Å².